The van der Waals surface area contributed by atoms with Crippen LogP contribution in [0.2, 0.25) is 0 Å². The van der Waals surface area contributed by atoms with E-state index in [0.717, 1.165) is 19.4 Å². The average molecular weight is 310 g/mol. The molecule has 1 amide bonds. The Morgan fingerprint density at radius 2 is 1.86 bits per heavy atom. The molecule has 2 fully saturated rings. The van der Waals surface area contributed by atoms with E-state index in [1.807, 2.05) is 11.8 Å². The fourth-order valence-electron chi connectivity index (χ4n) is 3.90. The first-order valence-electron chi connectivity index (χ1n) is 8.84. The van der Waals surface area contributed by atoms with Gasteiger partial charge in [-0.25, -0.2) is 0 Å². The van der Waals surface area contributed by atoms with Gasteiger partial charge < -0.3 is 15.3 Å². The number of hydrogen-bond acceptors (Lipinski definition) is 3. The van der Waals surface area contributed by atoms with E-state index in [0.29, 0.717) is 19.0 Å². The molecule has 126 valence electrons. The summed E-state index contributed by atoms with van der Waals surface area (Å²) in [5, 5.41) is 12.8. The minimum Gasteiger partial charge on any atom is -0.481 e. The number of carbonyl (C=O) groups excluding carboxylic acids is 1. The standard InChI is InChI=1S/C17H30N2O3/c1-2-6-16(20)19-11-13(10-17(21)22)9-15(12-19)18-14-7-4-3-5-8-14/h13-15,18H,2-12H2,1H3,(H,21,22). The second-order valence-corrected chi connectivity index (χ2v) is 6.95. The van der Waals surface area contributed by atoms with Crippen LogP contribution in [-0.4, -0.2) is 47.1 Å². The Bertz CT molecular complexity index is 380. The summed E-state index contributed by atoms with van der Waals surface area (Å²) < 4.78 is 0. The summed E-state index contributed by atoms with van der Waals surface area (Å²) in [6, 6.07) is 0.799. The number of amides is 1. The average Bonchev–Trinajstić information content (AvgIpc) is 2.47. The van der Waals surface area contributed by atoms with Crippen LogP contribution >= 0.6 is 0 Å². The Labute approximate surface area is 133 Å². The van der Waals surface area contributed by atoms with Crippen LogP contribution in [0.25, 0.3) is 0 Å². The van der Waals surface area contributed by atoms with Gasteiger partial charge in [-0.1, -0.05) is 26.2 Å². The molecule has 1 heterocycles. The third kappa shape index (κ3) is 5.27. The molecule has 0 aromatic rings. The minimum atomic E-state index is -0.758. The van der Waals surface area contributed by atoms with Crippen LogP contribution in [-0.2, 0) is 9.59 Å². The summed E-state index contributed by atoms with van der Waals surface area (Å²) in [7, 11) is 0. The summed E-state index contributed by atoms with van der Waals surface area (Å²) in [6.07, 6.45) is 8.76. The molecule has 1 saturated carbocycles. The Morgan fingerprint density at radius 1 is 1.14 bits per heavy atom. The van der Waals surface area contributed by atoms with Crippen LogP contribution in [0.5, 0.6) is 0 Å². The first-order valence-corrected chi connectivity index (χ1v) is 8.84. The van der Waals surface area contributed by atoms with Crippen LogP contribution < -0.4 is 5.32 Å². The number of nitrogens with one attached hydrogen (secondary N) is 1. The van der Waals surface area contributed by atoms with Gasteiger partial charge in [0.25, 0.3) is 0 Å². The quantitative estimate of drug-likeness (QED) is 0.790. The molecule has 2 unspecified atom stereocenters. The Kier molecular flexibility index (Phi) is 6.68. The number of carboxylic acid groups (broad SMARTS) is 1. The second-order valence-electron chi connectivity index (χ2n) is 6.95. The van der Waals surface area contributed by atoms with Crippen molar-refractivity contribution in [2.45, 2.75) is 76.8 Å². The predicted octanol–water partition coefficient (Wildman–Crippen LogP) is 2.40. The van der Waals surface area contributed by atoms with Gasteiger partial charge in [-0.05, 0) is 31.6 Å². The van der Waals surface area contributed by atoms with Gasteiger partial charge >= 0.3 is 5.97 Å². The lowest BCUT2D eigenvalue weighted by atomic mass is 9.89. The van der Waals surface area contributed by atoms with Gasteiger partial charge in [-0.15, -0.1) is 0 Å². The lowest BCUT2D eigenvalue weighted by molar-refractivity contribution is -0.141. The zero-order valence-corrected chi connectivity index (χ0v) is 13.7. The molecule has 0 aromatic heterocycles. The molecule has 0 bridgehead atoms. The van der Waals surface area contributed by atoms with Crippen LogP contribution in [0.15, 0.2) is 0 Å². The zero-order chi connectivity index (χ0) is 15.9. The highest BCUT2D eigenvalue weighted by Gasteiger charge is 2.32. The maximum Gasteiger partial charge on any atom is 0.303 e. The molecule has 5 nitrogen and oxygen atoms in total. The zero-order valence-electron chi connectivity index (χ0n) is 13.7. The smallest absolute Gasteiger partial charge is 0.303 e. The molecule has 1 aliphatic heterocycles. The molecule has 5 heteroatoms. The summed E-state index contributed by atoms with van der Waals surface area (Å²) in [5.74, 6) is -0.507. The number of aliphatic carboxylic acids is 1. The van der Waals surface area contributed by atoms with Crippen molar-refractivity contribution in [2.24, 2.45) is 5.92 Å². The summed E-state index contributed by atoms with van der Waals surface area (Å²) in [6.45, 7) is 3.35. The number of hydrogen-bond donors (Lipinski definition) is 2. The second kappa shape index (κ2) is 8.51. The first-order chi connectivity index (χ1) is 10.6. The topological polar surface area (TPSA) is 69.6 Å². The van der Waals surface area contributed by atoms with Crippen molar-refractivity contribution in [1.82, 2.24) is 10.2 Å². The Hall–Kier alpha value is -1.10. The number of carbonyl (C=O) groups is 2. The van der Waals surface area contributed by atoms with E-state index < -0.39 is 5.97 Å². The van der Waals surface area contributed by atoms with Gasteiger partial charge in [0.2, 0.25) is 5.91 Å². The number of rotatable bonds is 6. The number of likely N-dealkylation sites (tertiary alicyclic amines) is 1. The number of carboxylic acids is 1. The highest BCUT2D eigenvalue weighted by Crippen LogP contribution is 2.24. The van der Waals surface area contributed by atoms with Crippen molar-refractivity contribution in [3.8, 4) is 0 Å². The van der Waals surface area contributed by atoms with Gasteiger partial charge in [0, 0.05) is 38.0 Å². The van der Waals surface area contributed by atoms with E-state index in [2.05, 4.69) is 5.32 Å². The van der Waals surface area contributed by atoms with Gasteiger partial charge in [0.15, 0.2) is 0 Å². The van der Waals surface area contributed by atoms with E-state index >= 15 is 0 Å². The predicted molar refractivity (Wildman–Crippen MR) is 85.6 cm³/mol. The van der Waals surface area contributed by atoms with Gasteiger partial charge in [-0.2, -0.15) is 0 Å². The summed E-state index contributed by atoms with van der Waals surface area (Å²) in [4.78, 5) is 25.2. The van der Waals surface area contributed by atoms with Crippen molar-refractivity contribution in [2.75, 3.05) is 13.1 Å². The molecular formula is C17H30N2O3. The summed E-state index contributed by atoms with van der Waals surface area (Å²) in [5.41, 5.74) is 0. The molecule has 0 spiro atoms. The maximum absolute atomic E-state index is 12.2. The van der Waals surface area contributed by atoms with E-state index in [1.54, 1.807) is 0 Å². The van der Waals surface area contributed by atoms with E-state index in [9.17, 15) is 9.59 Å². The van der Waals surface area contributed by atoms with Crippen LogP contribution in [0.1, 0.15) is 64.7 Å². The third-order valence-corrected chi connectivity index (χ3v) is 4.89. The van der Waals surface area contributed by atoms with E-state index in [-0.39, 0.29) is 24.3 Å². The van der Waals surface area contributed by atoms with Crippen molar-refractivity contribution in [3.63, 3.8) is 0 Å². The molecule has 0 aromatic carbocycles. The Balaban J connectivity index is 1.94. The fourth-order valence-corrected chi connectivity index (χ4v) is 3.90. The molecule has 22 heavy (non-hydrogen) atoms. The largest absolute Gasteiger partial charge is 0.481 e. The molecule has 2 aliphatic rings. The van der Waals surface area contributed by atoms with Gasteiger partial charge in [0.05, 0.1) is 0 Å². The highest BCUT2D eigenvalue weighted by atomic mass is 16.4. The van der Waals surface area contributed by atoms with E-state index in [4.69, 9.17) is 5.11 Å². The molecule has 2 atom stereocenters. The SMILES string of the molecule is CCCC(=O)N1CC(CC(=O)O)CC(NC2CCCCC2)C1. The molecule has 1 aliphatic carbocycles. The van der Waals surface area contributed by atoms with Crippen molar-refractivity contribution < 1.29 is 14.7 Å². The van der Waals surface area contributed by atoms with E-state index in [1.165, 1.54) is 32.1 Å². The monoisotopic (exact) mass is 310 g/mol. The van der Waals surface area contributed by atoms with Crippen LogP contribution in [0.3, 0.4) is 0 Å². The lowest BCUT2D eigenvalue weighted by Crippen LogP contribution is -2.54. The van der Waals surface area contributed by atoms with Gasteiger partial charge in [-0.3, -0.25) is 9.59 Å². The first kappa shape index (κ1) is 17.3. The molecule has 2 N–H and O–H groups in total. The molecule has 1 saturated heterocycles. The number of nitrogens with zero attached hydrogens (tertiary/aromatic N) is 1. The van der Waals surface area contributed by atoms with Crippen molar-refractivity contribution in [1.29, 1.82) is 0 Å². The number of piperidine rings is 1. The minimum absolute atomic E-state index is 0.0770. The highest BCUT2D eigenvalue weighted by molar-refractivity contribution is 5.76. The molecular weight excluding hydrogens is 280 g/mol. The fraction of sp³-hybridized carbons (Fsp3) is 0.882. The molecule has 2 rings (SSSR count). The Morgan fingerprint density at radius 3 is 2.50 bits per heavy atom. The summed E-state index contributed by atoms with van der Waals surface area (Å²) >= 11 is 0. The van der Waals surface area contributed by atoms with Crippen molar-refractivity contribution in [3.05, 3.63) is 0 Å². The maximum atomic E-state index is 12.2. The lowest BCUT2D eigenvalue weighted by Gasteiger charge is -2.40. The third-order valence-electron chi connectivity index (χ3n) is 4.89. The normalized spacial score (nSPS) is 26.9. The molecule has 0 radical (unpaired) electrons. The van der Waals surface area contributed by atoms with Crippen LogP contribution in [0.4, 0.5) is 0 Å². The van der Waals surface area contributed by atoms with Crippen LogP contribution in [0, 0.1) is 5.92 Å². The van der Waals surface area contributed by atoms with Crippen molar-refractivity contribution >= 4 is 11.9 Å². The van der Waals surface area contributed by atoms with Gasteiger partial charge in [0.1, 0.15) is 0 Å².